The van der Waals surface area contributed by atoms with E-state index in [0.717, 1.165) is 22.4 Å². The van der Waals surface area contributed by atoms with Crippen LogP contribution >= 0.6 is 12.4 Å². The summed E-state index contributed by atoms with van der Waals surface area (Å²) >= 11 is 0. The number of hydrogen-bond donors (Lipinski definition) is 2. The highest BCUT2D eigenvalue weighted by Crippen LogP contribution is 2.22. The van der Waals surface area contributed by atoms with E-state index < -0.39 is 0 Å². The van der Waals surface area contributed by atoms with Gasteiger partial charge in [-0.25, -0.2) is 9.78 Å². The first-order valence-electron chi connectivity index (χ1n) is 6.11. The van der Waals surface area contributed by atoms with Gasteiger partial charge in [0.2, 0.25) is 0 Å². The molecule has 3 rings (SSSR count). The molecule has 2 aromatic carbocycles. The van der Waals surface area contributed by atoms with Crippen LogP contribution in [-0.4, -0.2) is 23.0 Å². The maximum Gasteiger partial charge on any atom is 0.337 e. The third-order valence-corrected chi connectivity index (χ3v) is 3.09. The molecule has 0 amide bonds. The number of ether oxygens (including phenoxy) is 1. The first kappa shape index (κ1) is 14.9. The second kappa shape index (κ2) is 5.85. The molecule has 1 heterocycles. The number of nitrogens with one attached hydrogen (secondary N) is 1. The molecule has 108 valence electrons. The van der Waals surface area contributed by atoms with Crippen molar-refractivity contribution in [1.29, 1.82) is 0 Å². The predicted molar refractivity (Wildman–Crippen MR) is 84.5 cm³/mol. The molecule has 0 unspecified atom stereocenters. The number of aromatic nitrogens is 2. The van der Waals surface area contributed by atoms with Gasteiger partial charge in [0.25, 0.3) is 0 Å². The lowest BCUT2D eigenvalue weighted by Crippen LogP contribution is -2.00. The van der Waals surface area contributed by atoms with Crippen molar-refractivity contribution in [2.75, 3.05) is 12.8 Å². The number of anilines is 1. The van der Waals surface area contributed by atoms with Crippen LogP contribution in [0.25, 0.3) is 22.4 Å². The van der Waals surface area contributed by atoms with Gasteiger partial charge in [0.05, 0.1) is 23.7 Å². The number of methoxy groups -OCH3 is 1. The summed E-state index contributed by atoms with van der Waals surface area (Å²) in [4.78, 5) is 19.2. The summed E-state index contributed by atoms with van der Waals surface area (Å²) in [6.07, 6.45) is 0. The van der Waals surface area contributed by atoms with Crippen molar-refractivity contribution in [3.63, 3.8) is 0 Å². The first-order valence-corrected chi connectivity index (χ1v) is 6.11. The number of hydrogen-bond acceptors (Lipinski definition) is 4. The van der Waals surface area contributed by atoms with Crippen LogP contribution in [0.4, 0.5) is 5.69 Å². The number of carbonyl (C=O) groups is 1. The van der Waals surface area contributed by atoms with Gasteiger partial charge in [0.15, 0.2) is 0 Å². The van der Waals surface area contributed by atoms with E-state index in [4.69, 9.17) is 10.5 Å². The summed E-state index contributed by atoms with van der Waals surface area (Å²) in [7, 11) is 1.36. The summed E-state index contributed by atoms with van der Waals surface area (Å²) in [6, 6.07) is 12.7. The highest BCUT2D eigenvalue weighted by molar-refractivity contribution is 5.94. The van der Waals surface area contributed by atoms with E-state index in [2.05, 4.69) is 9.97 Å². The third kappa shape index (κ3) is 2.83. The Labute approximate surface area is 127 Å². The number of halogens is 1. The quantitative estimate of drug-likeness (QED) is 0.563. The molecule has 0 radical (unpaired) electrons. The number of nitrogens with two attached hydrogens (primary N) is 1. The van der Waals surface area contributed by atoms with E-state index in [9.17, 15) is 4.79 Å². The molecule has 3 aromatic rings. The zero-order valence-electron chi connectivity index (χ0n) is 11.3. The minimum absolute atomic E-state index is 0. The molecule has 1 aromatic heterocycles. The van der Waals surface area contributed by atoms with Crippen LogP contribution in [0.1, 0.15) is 10.4 Å². The number of nitrogen functional groups attached to an aromatic ring is 1. The lowest BCUT2D eigenvalue weighted by Gasteiger charge is -1.97. The number of esters is 1. The van der Waals surface area contributed by atoms with Crippen LogP contribution in [0.5, 0.6) is 0 Å². The molecule has 21 heavy (non-hydrogen) atoms. The van der Waals surface area contributed by atoms with Crippen LogP contribution in [0, 0.1) is 0 Å². The molecule has 6 heteroatoms. The Balaban J connectivity index is 0.00000161. The Morgan fingerprint density at radius 2 is 1.90 bits per heavy atom. The monoisotopic (exact) mass is 303 g/mol. The van der Waals surface area contributed by atoms with Crippen molar-refractivity contribution in [1.82, 2.24) is 9.97 Å². The molecular formula is C15H14ClN3O2. The topological polar surface area (TPSA) is 81.0 Å². The zero-order chi connectivity index (χ0) is 14.1. The van der Waals surface area contributed by atoms with Crippen LogP contribution in [-0.2, 0) is 4.74 Å². The summed E-state index contributed by atoms with van der Waals surface area (Å²) in [5.41, 5.74) is 9.39. The second-order valence-corrected chi connectivity index (χ2v) is 4.43. The smallest absolute Gasteiger partial charge is 0.337 e. The Morgan fingerprint density at radius 3 is 2.57 bits per heavy atom. The molecule has 0 saturated carbocycles. The number of rotatable bonds is 2. The fourth-order valence-corrected chi connectivity index (χ4v) is 2.03. The summed E-state index contributed by atoms with van der Waals surface area (Å²) in [5, 5.41) is 0. The van der Waals surface area contributed by atoms with Gasteiger partial charge in [-0.2, -0.15) is 0 Å². The van der Waals surface area contributed by atoms with E-state index in [-0.39, 0.29) is 18.4 Å². The predicted octanol–water partition coefficient (Wildman–Crippen LogP) is 3.02. The summed E-state index contributed by atoms with van der Waals surface area (Å²) < 4.78 is 4.70. The average molecular weight is 304 g/mol. The third-order valence-electron chi connectivity index (χ3n) is 3.09. The van der Waals surface area contributed by atoms with Crippen LogP contribution < -0.4 is 5.73 Å². The molecule has 0 aliphatic rings. The van der Waals surface area contributed by atoms with Crippen molar-refractivity contribution < 1.29 is 9.53 Å². The van der Waals surface area contributed by atoms with Gasteiger partial charge in [-0.05, 0) is 42.5 Å². The Kier molecular flexibility index (Phi) is 4.14. The van der Waals surface area contributed by atoms with Gasteiger partial charge in [0.1, 0.15) is 5.82 Å². The van der Waals surface area contributed by atoms with E-state index in [0.29, 0.717) is 11.3 Å². The number of aromatic amines is 1. The van der Waals surface area contributed by atoms with Crippen molar-refractivity contribution in [3.8, 4) is 11.4 Å². The second-order valence-electron chi connectivity index (χ2n) is 4.43. The molecule has 3 N–H and O–H groups in total. The molecule has 0 spiro atoms. The van der Waals surface area contributed by atoms with Gasteiger partial charge in [0, 0.05) is 11.3 Å². The fraction of sp³-hybridized carbons (Fsp3) is 0.0667. The van der Waals surface area contributed by atoms with Gasteiger partial charge in [-0.15, -0.1) is 12.4 Å². The zero-order valence-corrected chi connectivity index (χ0v) is 12.1. The fourth-order valence-electron chi connectivity index (χ4n) is 2.03. The maximum atomic E-state index is 11.5. The number of benzene rings is 2. The summed E-state index contributed by atoms with van der Waals surface area (Å²) in [5.74, 6) is 0.373. The maximum absolute atomic E-state index is 11.5. The van der Waals surface area contributed by atoms with Gasteiger partial charge >= 0.3 is 5.97 Å². The van der Waals surface area contributed by atoms with Crippen molar-refractivity contribution in [2.45, 2.75) is 0 Å². The molecule has 0 bridgehead atoms. The molecule has 0 aliphatic carbocycles. The Hall–Kier alpha value is -2.53. The largest absolute Gasteiger partial charge is 0.465 e. The van der Waals surface area contributed by atoms with Crippen molar-refractivity contribution in [3.05, 3.63) is 48.0 Å². The van der Waals surface area contributed by atoms with Crippen molar-refractivity contribution >= 4 is 35.1 Å². The van der Waals surface area contributed by atoms with Crippen molar-refractivity contribution in [2.24, 2.45) is 0 Å². The summed E-state index contributed by atoms with van der Waals surface area (Å²) in [6.45, 7) is 0. The lowest BCUT2D eigenvalue weighted by atomic mass is 10.2. The van der Waals surface area contributed by atoms with E-state index in [1.165, 1.54) is 7.11 Å². The van der Waals surface area contributed by atoms with Gasteiger partial charge < -0.3 is 15.5 Å². The molecular weight excluding hydrogens is 290 g/mol. The average Bonchev–Trinajstić information content (AvgIpc) is 2.90. The molecule has 0 saturated heterocycles. The van der Waals surface area contributed by atoms with E-state index in [1.54, 1.807) is 18.2 Å². The molecule has 5 nitrogen and oxygen atoms in total. The lowest BCUT2D eigenvalue weighted by molar-refractivity contribution is 0.0601. The Bertz CT molecular complexity index is 781. The number of H-pyrrole nitrogens is 1. The number of fused-ring (bicyclic) bond motifs is 1. The van der Waals surface area contributed by atoms with Crippen LogP contribution in [0.2, 0.25) is 0 Å². The van der Waals surface area contributed by atoms with Crippen LogP contribution in [0.3, 0.4) is 0 Å². The SMILES string of the molecule is COC(=O)c1ccc2nc(-c3ccc(N)cc3)[nH]c2c1.Cl. The van der Waals surface area contributed by atoms with Gasteiger partial charge in [-0.3, -0.25) is 0 Å². The normalized spacial score (nSPS) is 10.1. The van der Waals surface area contributed by atoms with Crippen LogP contribution in [0.15, 0.2) is 42.5 Å². The number of nitrogens with zero attached hydrogens (tertiary/aromatic N) is 1. The molecule has 0 fully saturated rings. The number of imidazole rings is 1. The highest BCUT2D eigenvalue weighted by atomic mass is 35.5. The van der Waals surface area contributed by atoms with E-state index >= 15 is 0 Å². The number of carbonyl (C=O) groups excluding carboxylic acids is 1. The minimum Gasteiger partial charge on any atom is -0.465 e. The molecule has 0 atom stereocenters. The molecule has 0 aliphatic heterocycles. The Morgan fingerprint density at radius 1 is 1.19 bits per heavy atom. The minimum atomic E-state index is -0.365. The van der Waals surface area contributed by atoms with Gasteiger partial charge in [-0.1, -0.05) is 0 Å². The first-order chi connectivity index (χ1) is 9.67. The van der Waals surface area contributed by atoms with E-state index in [1.807, 2.05) is 24.3 Å². The standard InChI is InChI=1S/C15H13N3O2.ClH/c1-20-15(19)10-4-7-12-13(8-10)18-14(17-12)9-2-5-11(16)6-3-9;/h2-8H,16H2,1H3,(H,17,18);1H. The highest BCUT2D eigenvalue weighted by Gasteiger charge is 2.09.